The van der Waals surface area contributed by atoms with Gasteiger partial charge in [-0.3, -0.25) is 0 Å². The minimum absolute atomic E-state index is 0.00755. The van der Waals surface area contributed by atoms with Crippen LogP contribution in [0.1, 0.15) is 12.8 Å². The number of aromatic nitrogens is 1. The lowest BCUT2D eigenvalue weighted by Crippen LogP contribution is -1.98. The van der Waals surface area contributed by atoms with Crippen LogP contribution in [-0.2, 0) is 0 Å². The van der Waals surface area contributed by atoms with E-state index in [0.717, 1.165) is 12.8 Å². The average Bonchev–Trinajstić information content (AvgIpc) is 2.87. The molecule has 1 aliphatic carbocycles. The third-order valence-corrected chi connectivity index (χ3v) is 2.07. The summed E-state index contributed by atoms with van der Waals surface area (Å²) in [4.78, 5) is 13.4. The van der Waals surface area contributed by atoms with Crippen LogP contribution >= 0.6 is 11.6 Å². The molecule has 0 aliphatic heterocycles. The minimum atomic E-state index is -0.622. The topological polar surface area (TPSA) is 65.3 Å². The van der Waals surface area contributed by atoms with Gasteiger partial charge in [0.05, 0.1) is 6.10 Å². The van der Waals surface area contributed by atoms with E-state index in [1.165, 1.54) is 12.3 Å². The molecule has 0 saturated heterocycles. The van der Waals surface area contributed by atoms with Gasteiger partial charge in [-0.15, -0.1) is 0 Å². The molecule has 14 heavy (non-hydrogen) atoms. The summed E-state index contributed by atoms with van der Waals surface area (Å²) in [5.74, 6) is 0.151. The maximum absolute atomic E-state index is 10.4. The Morgan fingerprint density at radius 1 is 1.64 bits per heavy atom. The van der Waals surface area contributed by atoms with Gasteiger partial charge in [0, 0.05) is 6.07 Å². The Kier molecular flexibility index (Phi) is 2.25. The van der Waals surface area contributed by atoms with E-state index in [4.69, 9.17) is 16.3 Å². The highest BCUT2D eigenvalue weighted by Gasteiger charge is 2.25. The predicted octanol–water partition coefficient (Wildman–Crippen LogP) is 2.18. The maximum Gasteiger partial charge on any atom is 0.382 e. The third kappa shape index (κ3) is 1.93. The molecule has 0 unspecified atom stereocenters. The van der Waals surface area contributed by atoms with E-state index in [0.29, 0.717) is 5.75 Å². The standard InChI is InChI=1S/C8H7ClN2O3/c9-7-3-6(14-5-1-2-5)4-10-8(7)11(12)13/h3-5H,1-2H2. The first-order valence-electron chi connectivity index (χ1n) is 4.13. The zero-order chi connectivity index (χ0) is 10.1. The van der Waals surface area contributed by atoms with Gasteiger partial charge in [-0.25, -0.2) is 0 Å². The van der Waals surface area contributed by atoms with Gasteiger partial charge < -0.3 is 14.9 Å². The molecule has 2 rings (SSSR count). The van der Waals surface area contributed by atoms with E-state index >= 15 is 0 Å². The highest BCUT2D eigenvalue weighted by molar-refractivity contribution is 6.32. The van der Waals surface area contributed by atoms with Gasteiger partial charge in [0.1, 0.15) is 5.02 Å². The largest absolute Gasteiger partial charge is 0.486 e. The van der Waals surface area contributed by atoms with Crippen LogP contribution in [0.15, 0.2) is 12.3 Å². The van der Waals surface area contributed by atoms with E-state index < -0.39 is 4.92 Å². The van der Waals surface area contributed by atoms with Crippen LogP contribution in [0, 0.1) is 10.1 Å². The molecule has 1 aromatic rings. The van der Waals surface area contributed by atoms with E-state index in [2.05, 4.69) is 4.98 Å². The predicted molar refractivity (Wildman–Crippen MR) is 49.6 cm³/mol. The molecule has 74 valence electrons. The summed E-state index contributed by atoms with van der Waals surface area (Å²) in [5.41, 5.74) is 0. The lowest BCUT2D eigenvalue weighted by molar-refractivity contribution is -0.389. The van der Waals surface area contributed by atoms with Crippen molar-refractivity contribution in [3.8, 4) is 5.75 Å². The van der Waals surface area contributed by atoms with Crippen LogP contribution < -0.4 is 4.74 Å². The summed E-state index contributed by atoms with van der Waals surface area (Å²) >= 11 is 5.64. The number of ether oxygens (including phenoxy) is 1. The monoisotopic (exact) mass is 214 g/mol. The van der Waals surface area contributed by atoms with E-state index in [1.807, 2.05) is 0 Å². The van der Waals surface area contributed by atoms with Crippen LogP contribution in [-0.4, -0.2) is 16.0 Å². The van der Waals surface area contributed by atoms with E-state index in [-0.39, 0.29) is 16.9 Å². The molecule has 0 atom stereocenters. The second-order valence-corrected chi connectivity index (χ2v) is 3.46. The van der Waals surface area contributed by atoms with Gasteiger partial charge in [0.2, 0.25) is 0 Å². The molecule has 1 aliphatic rings. The smallest absolute Gasteiger partial charge is 0.382 e. The highest BCUT2D eigenvalue weighted by atomic mass is 35.5. The Morgan fingerprint density at radius 2 is 2.36 bits per heavy atom. The van der Waals surface area contributed by atoms with Gasteiger partial charge in [-0.2, -0.15) is 0 Å². The van der Waals surface area contributed by atoms with Crippen molar-refractivity contribution in [1.29, 1.82) is 0 Å². The van der Waals surface area contributed by atoms with Gasteiger partial charge in [0.15, 0.2) is 11.9 Å². The number of nitro groups is 1. The van der Waals surface area contributed by atoms with E-state index in [9.17, 15) is 10.1 Å². The molecule has 0 radical (unpaired) electrons. The molecule has 0 bridgehead atoms. The molecule has 1 aromatic heterocycles. The molecule has 1 heterocycles. The molecular formula is C8H7ClN2O3. The molecule has 0 amide bonds. The second kappa shape index (κ2) is 3.42. The van der Waals surface area contributed by atoms with Gasteiger partial charge in [0.25, 0.3) is 0 Å². The molecule has 1 fully saturated rings. The molecule has 0 spiro atoms. The van der Waals surface area contributed by atoms with Crippen molar-refractivity contribution >= 4 is 17.4 Å². The van der Waals surface area contributed by atoms with Gasteiger partial charge >= 0.3 is 5.82 Å². The van der Waals surface area contributed by atoms with Crippen molar-refractivity contribution in [2.24, 2.45) is 0 Å². The van der Waals surface area contributed by atoms with Crippen molar-refractivity contribution in [3.05, 3.63) is 27.4 Å². The first-order valence-corrected chi connectivity index (χ1v) is 4.51. The second-order valence-electron chi connectivity index (χ2n) is 3.05. The van der Waals surface area contributed by atoms with Gasteiger partial charge in [-0.05, 0) is 22.7 Å². The lowest BCUT2D eigenvalue weighted by atomic mass is 10.4. The Labute approximate surface area is 84.8 Å². The summed E-state index contributed by atoms with van der Waals surface area (Å²) < 4.78 is 5.37. The number of hydrogen-bond acceptors (Lipinski definition) is 4. The zero-order valence-corrected chi connectivity index (χ0v) is 7.90. The third-order valence-electron chi connectivity index (χ3n) is 1.80. The first-order chi connectivity index (χ1) is 6.66. The number of halogens is 1. The molecule has 1 saturated carbocycles. The van der Waals surface area contributed by atoms with Crippen LogP contribution in [0.25, 0.3) is 0 Å². The van der Waals surface area contributed by atoms with Crippen LogP contribution in [0.4, 0.5) is 5.82 Å². The van der Waals surface area contributed by atoms with Crippen LogP contribution in [0.3, 0.4) is 0 Å². The summed E-state index contributed by atoms with van der Waals surface area (Å²) in [6, 6.07) is 1.42. The Bertz CT molecular complexity index is 379. The van der Waals surface area contributed by atoms with Crippen LogP contribution in [0.5, 0.6) is 5.75 Å². The summed E-state index contributed by atoms with van der Waals surface area (Å²) in [6.45, 7) is 0. The molecule has 6 heteroatoms. The van der Waals surface area contributed by atoms with Crippen molar-refractivity contribution in [2.75, 3.05) is 0 Å². The van der Waals surface area contributed by atoms with Crippen molar-refractivity contribution < 1.29 is 9.66 Å². The van der Waals surface area contributed by atoms with Crippen molar-refractivity contribution in [1.82, 2.24) is 4.98 Å². The molecule has 0 aromatic carbocycles. The zero-order valence-electron chi connectivity index (χ0n) is 7.14. The first kappa shape index (κ1) is 9.21. The molecule has 5 nitrogen and oxygen atoms in total. The molecular weight excluding hydrogens is 208 g/mol. The van der Waals surface area contributed by atoms with Crippen LogP contribution in [0.2, 0.25) is 5.02 Å². The summed E-state index contributed by atoms with van der Waals surface area (Å²) in [5, 5.41) is 10.4. The number of hydrogen-bond donors (Lipinski definition) is 0. The highest BCUT2D eigenvalue weighted by Crippen LogP contribution is 2.30. The summed E-state index contributed by atoms with van der Waals surface area (Å²) in [6.07, 6.45) is 3.60. The fourth-order valence-corrected chi connectivity index (χ4v) is 1.22. The van der Waals surface area contributed by atoms with E-state index in [1.54, 1.807) is 0 Å². The fraction of sp³-hybridized carbons (Fsp3) is 0.375. The fourth-order valence-electron chi connectivity index (χ4n) is 0.990. The number of nitrogens with zero attached hydrogens (tertiary/aromatic N) is 2. The average molecular weight is 215 g/mol. The Balaban J connectivity index is 2.20. The van der Waals surface area contributed by atoms with Gasteiger partial charge in [-0.1, -0.05) is 11.6 Å². The number of rotatable bonds is 3. The maximum atomic E-state index is 10.4. The Hall–Kier alpha value is -1.36. The number of pyridine rings is 1. The molecule has 0 N–H and O–H groups in total. The lowest BCUT2D eigenvalue weighted by Gasteiger charge is -2.01. The van der Waals surface area contributed by atoms with Crippen molar-refractivity contribution in [3.63, 3.8) is 0 Å². The quantitative estimate of drug-likeness (QED) is 0.571. The van der Waals surface area contributed by atoms with Crippen molar-refractivity contribution in [2.45, 2.75) is 18.9 Å². The minimum Gasteiger partial charge on any atom is -0.486 e. The summed E-state index contributed by atoms with van der Waals surface area (Å²) in [7, 11) is 0. The normalized spacial score (nSPS) is 15.2. The Morgan fingerprint density at radius 3 is 2.86 bits per heavy atom. The SMILES string of the molecule is O=[N+]([O-])c1ncc(OC2CC2)cc1Cl.